The summed E-state index contributed by atoms with van der Waals surface area (Å²) >= 11 is 0. The zero-order chi connectivity index (χ0) is 11.9. The highest BCUT2D eigenvalue weighted by Gasteiger charge is 2.20. The number of piperidine rings is 1. The normalized spacial score (nSPS) is 26.7. The first-order valence-electron chi connectivity index (χ1n) is 6.95. The molecule has 0 bridgehead atoms. The van der Waals surface area contributed by atoms with Crippen LogP contribution in [-0.2, 0) is 9.53 Å². The fourth-order valence-corrected chi connectivity index (χ4v) is 2.63. The maximum absolute atomic E-state index is 11.8. The standard InChI is InChI=1S/C13H24N2O2/c16-13(12-3-1-2-7-14-12)15-8-4-11-5-9-17-10-6-11/h11-12,14H,1-10H2,(H,15,16)/t12-/m0/s1. The average Bonchev–Trinajstić information content (AvgIpc) is 2.41. The Morgan fingerprint density at radius 3 is 2.76 bits per heavy atom. The van der Waals surface area contributed by atoms with Crippen molar-refractivity contribution in [3.8, 4) is 0 Å². The van der Waals surface area contributed by atoms with Crippen LogP contribution in [0.2, 0.25) is 0 Å². The molecule has 0 aliphatic carbocycles. The van der Waals surface area contributed by atoms with Gasteiger partial charge in [0.2, 0.25) is 5.91 Å². The number of ether oxygens (including phenoxy) is 1. The van der Waals surface area contributed by atoms with Crippen molar-refractivity contribution in [2.45, 2.75) is 44.6 Å². The molecule has 2 N–H and O–H groups in total. The van der Waals surface area contributed by atoms with E-state index in [0.29, 0.717) is 0 Å². The number of amides is 1. The zero-order valence-corrected chi connectivity index (χ0v) is 10.5. The lowest BCUT2D eigenvalue weighted by atomic mass is 9.96. The fraction of sp³-hybridized carbons (Fsp3) is 0.923. The van der Waals surface area contributed by atoms with Crippen LogP contribution in [0.3, 0.4) is 0 Å². The van der Waals surface area contributed by atoms with Crippen molar-refractivity contribution in [1.29, 1.82) is 0 Å². The molecule has 2 aliphatic heterocycles. The third-order valence-corrected chi connectivity index (χ3v) is 3.82. The van der Waals surface area contributed by atoms with Gasteiger partial charge in [0.15, 0.2) is 0 Å². The Kier molecular flexibility index (Phi) is 5.26. The molecule has 98 valence electrons. The minimum absolute atomic E-state index is 0.0541. The molecule has 0 aromatic carbocycles. The van der Waals surface area contributed by atoms with E-state index in [0.717, 1.165) is 57.9 Å². The molecule has 0 aromatic heterocycles. The van der Waals surface area contributed by atoms with Gasteiger partial charge in [-0.3, -0.25) is 4.79 Å². The molecule has 2 heterocycles. The third kappa shape index (κ3) is 4.28. The van der Waals surface area contributed by atoms with E-state index < -0.39 is 0 Å². The molecule has 4 heteroatoms. The van der Waals surface area contributed by atoms with Gasteiger partial charge in [0.05, 0.1) is 6.04 Å². The third-order valence-electron chi connectivity index (χ3n) is 3.82. The molecular formula is C13H24N2O2. The number of nitrogens with one attached hydrogen (secondary N) is 2. The van der Waals surface area contributed by atoms with Crippen LogP contribution in [0.25, 0.3) is 0 Å². The minimum Gasteiger partial charge on any atom is -0.381 e. The van der Waals surface area contributed by atoms with Crippen LogP contribution in [-0.4, -0.2) is 38.3 Å². The molecule has 4 nitrogen and oxygen atoms in total. The number of hydrogen-bond acceptors (Lipinski definition) is 3. The van der Waals surface area contributed by atoms with Gasteiger partial charge in [-0.25, -0.2) is 0 Å². The summed E-state index contributed by atoms with van der Waals surface area (Å²) in [5.41, 5.74) is 0. The molecule has 1 amide bonds. The van der Waals surface area contributed by atoms with Gasteiger partial charge >= 0.3 is 0 Å². The fourth-order valence-electron chi connectivity index (χ4n) is 2.63. The zero-order valence-electron chi connectivity index (χ0n) is 10.5. The highest BCUT2D eigenvalue weighted by molar-refractivity contribution is 5.81. The second kappa shape index (κ2) is 6.97. The molecule has 0 saturated carbocycles. The van der Waals surface area contributed by atoms with E-state index in [1.165, 1.54) is 12.8 Å². The molecule has 0 unspecified atom stereocenters. The van der Waals surface area contributed by atoms with Crippen molar-refractivity contribution < 1.29 is 9.53 Å². The molecular weight excluding hydrogens is 216 g/mol. The number of rotatable bonds is 4. The maximum Gasteiger partial charge on any atom is 0.237 e. The number of hydrogen-bond donors (Lipinski definition) is 2. The molecule has 0 spiro atoms. The first-order chi connectivity index (χ1) is 8.36. The first-order valence-corrected chi connectivity index (χ1v) is 6.95. The van der Waals surface area contributed by atoms with E-state index in [4.69, 9.17) is 4.74 Å². The Bertz CT molecular complexity index is 234. The Hall–Kier alpha value is -0.610. The molecule has 2 fully saturated rings. The van der Waals surface area contributed by atoms with Crippen molar-refractivity contribution in [2.75, 3.05) is 26.3 Å². The monoisotopic (exact) mass is 240 g/mol. The SMILES string of the molecule is O=C(NCCC1CCOCC1)[C@@H]1CCCCN1. The summed E-state index contributed by atoms with van der Waals surface area (Å²) in [6, 6.07) is 0.0541. The molecule has 0 radical (unpaired) electrons. The van der Waals surface area contributed by atoms with Gasteiger partial charge in [-0.1, -0.05) is 6.42 Å². The molecule has 0 aromatic rings. The lowest BCUT2D eigenvalue weighted by molar-refractivity contribution is -0.123. The lowest BCUT2D eigenvalue weighted by Gasteiger charge is -2.24. The lowest BCUT2D eigenvalue weighted by Crippen LogP contribution is -2.47. The van der Waals surface area contributed by atoms with Crippen LogP contribution in [0.15, 0.2) is 0 Å². The molecule has 2 saturated heterocycles. The summed E-state index contributed by atoms with van der Waals surface area (Å²) in [5.74, 6) is 0.931. The largest absolute Gasteiger partial charge is 0.381 e. The topological polar surface area (TPSA) is 50.4 Å². The quantitative estimate of drug-likeness (QED) is 0.772. The van der Waals surface area contributed by atoms with E-state index in [9.17, 15) is 4.79 Å². The first kappa shape index (κ1) is 12.8. The summed E-state index contributed by atoms with van der Waals surface area (Å²) in [7, 11) is 0. The average molecular weight is 240 g/mol. The van der Waals surface area contributed by atoms with E-state index >= 15 is 0 Å². The van der Waals surface area contributed by atoms with Crippen LogP contribution >= 0.6 is 0 Å². The smallest absolute Gasteiger partial charge is 0.237 e. The Morgan fingerprint density at radius 2 is 2.06 bits per heavy atom. The predicted octanol–water partition coefficient (Wildman–Crippen LogP) is 1.06. The van der Waals surface area contributed by atoms with Gasteiger partial charge in [0, 0.05) is 19.8 Å². The summed E-state index contributed by atoms with van der Waals surface area (Å²) < 4.78 is 5.32. The van der Waals surface area contributed by atoms with E-state index in [2.05, 4.69) is 10.6 Å². The second-order valence-electron chi connectivity index (χ2n) is 5.14. The second-order valence-corrected chi connectivity index (χ2v) is 5.14. The van der Waals surface area contributed by atoms with Gasteiger partial charge < -0.3 is 15.4 Å². The Labute approximate surface area is 103 Å². The summed E-state index contributed by atoms with van der Waals surface area (Å²) in [4.78, 5) is 11.8. The highest BCUT2D eigenvalue weighted by Crippen LogP contribution is 2.17. The van der Waals surface area contributed by atoms with Crippen LogP contribution in [0.1, 0.15) is 38.5 Å². The van der Waals surface area contributed by atoms with Gasteiger partial charge in [0.25, 0.3) is 0 Å². The van der Waals surface area contributed by atoms with Gasteiger partial charge in [-0.2, -0.15) is 0 Å². The van der Waals surface area contributed by atoms with Crippen LogP contribution in [0.5, 0.6) is 0 Å². The van der Waals surface area contributed by atoms with E-state index in [1.54, 1.807) is 0 Å². The number of carbonyl (C=O) groups is 1. The Morgan fingerprint density at radius 1 is 1.24 bits per heavy atom. The van der Waals surface area contributed by atoms with Crippen LogP contribution in [0.4, 0.5) is 0 Å². The van der Waals surface area contributed by atoms with Gasteiger partial charge in [0.1, 0.15) is 0 Å². The molecule has 2 aliphatic rings. The van der Waals surface area contributed by atoms with Crippen molar-refractivity contribution in [2.24, 2.45) is 5.92 Å². The van der Waals surface area contributed by atoms with Crippen molar-refractivity contribution in [3.63, 3.8) is 0 Å². The van der Waals surface area contributed by atoms with E-state index in [1.807, 2.05) is 0 Å². The van der Waals surface area contributed by atoms with E-state index in [-0.39, 0.29) is 11.9 Å². The predicted molar refractivity (Wildman–Crippen MR) is 66.8 cm³/mol. The molecule has 2 rings (SSSR count). The summed E-state index contributed by atoms with van der Waals surface area (Å²) in [6.45, 7) is 3.59. The summed E-state index contributed by atoms with van der Waals surface area (Å²) in [6.07, 6.45) is 6.76. The minimum atomic E-state index is 0.0541. The van der Waals surface area contributed by atoms with Crippen molar-refractivity contribution in [1.82, 2.24) is 10.6 Å². The van der Waals surface area contributed by atoms with Crippen molar-refractivity contribution in [3.05, 3.63) is 0 Å². The van der Waals surface area contributed by atoms with Gasteiger partial charge in [-0.05, 0) is 44.6 Å². The maximum atomic E-state index is 11.8. The molecule has 17 heavy (non-hydrogen) atoms. The molecule has 1 atom stereocenters. The Balaban J connectivity index is 1.58. The highest BCUT2D eigenvalue weighted by atomic mass is 16.5. The van der Waals surface area contributed by atoms with Crippen LogP contribution in [0, 0.1) is 5.92 Å². The van der Waals surface area contributed by atoms with Crippen molar-refractivity contribution >= 4 is 5.91 Å². The van der Waals surface area contributed by atoms with Gasteiger partial charge in [-0.15, -0.1) is 0 Å². The number of carbonyl (C=O) groups excluding carboxylic acids is 1. The van der Waals surface area contributed by atoms with Crippen LogP contribution < -0.4 is 10.6 Å². The summed E-state index contributed by atoms with van der Waals surface area (Å²) in [5, 5.41) is 6.33.